The second kappa shape index (κ2) is 9.42. The zero-order valence-electron chi connectivity index (χ0n) is 23.2. The molecule has 0 aromatic carbocycles. The molecule has 0 saturated carbocycles. The average Bonchev–Trinajstić information content (AvgIpc) is 3.02. The molecule has 3 saturated heterocycles. The molecule has 0 aliphatic carbocycles. The zero-order valence-corrected chi connectivity index (χ0v) is 23.2. The Morgan fingerprint density at radius 2 is 1.98 bits per heavy atom. The molecule has 4 aliphatic heterocycles. The Kier molecular flexibility index (Phi) is 6.16. The number of aromatic nitrogens is 4. The molecule has 3 fully saturated rings. The fraction of sp³-hybridized carbons (Fsp3) is 0.556. The van der Waals surface area contributed by atoms with Gasteiger partial charge in [-0.3, -0.25) is 4.90 Å². The van der Waals surface area contributed by atoms with Crippen LogP contribution in [0.3, 0.4) is 0 Å². The van der Waals surface area contributed by atoms with E-state index in [2.05, 4.69) is 25.3 Å². The summed E-state index contributed by atoms with van der Waals surface area (Å²) in [5, 5.41) is 3.35. The largest absolute Gasteiger partial charge is 0.472 e. The van der Waals surface area contributed by atoms with Gasteiger partial charge in [0.1, 0.15) is 40.9 Å². The van der Waals surface area contributed by atoms with Crippen molar-refractivity contribution in [3.63, 3.8) is 0 Å². The number of hydrogen-bond donors (Lipinski definition) is 2. The van der Waals surface area contributed by atoms with E-state index in [1.807, 2.05) is 4.90 Å². The van der Waals surface area contributed by atoms with E-state index in [0.29, 0.717) is 32.6 Å². The summed E-state index contributed by atoms with van der Waals surface area (Å²) in [6, 6.07) is 0.338. The minimum Gasteiger partial charge on any atom is -0.472 e. The summed E-state index contributed by atoms with van der Waals surface area (Å²) in [6.07, 6.45) is -5.33. The maximum Gasteiger partial charge on any atom is 0.418 e. The van der Waals surface area contributed by atoms with Crippen LogP contribution in [0.2, 0.25) is 0 Å². The standard InChI is InChI=1S/C27H28F6N8O2/c1-12-18(27(31,32)33)14(7-16(34)36-12)20-19(28)21-17-22(41-6-4-35-8-15(41)13(2)43-23(17)37-20)39-24(38-21)42-11-25-3-5-40(25)10-26(29,30)9-25/h7,13,15,35H,3-6,8-11H2,1-2H3,(H2,34,36)/t13-,15-,25?/m0/s1. The minimum absolute atomic E-state index is 0.0768. The van der Waals surface area contributed by atoms with Crippen LogP contribution in [0.5, 0.6) is 11.9 Å². The Morgan fingerprint density at radius 3 is 2.67 bits per heavy atom. The highest BCUT2D eigenvalue weighted by Crippen LogP contribution is 2.48. The topological polar surface area (TPSA) is 115 Å². The van der Waals surface area contributed by atoms with Gasteiger partial charge in [0.2, 0.25) is 5.88 Å². The smallest absolute Gasteiger partial charge is 0.418 e. The lowest BCUT2D eigenvalue weighted by atomic mass is 9.85. The molecule has 10 nitrogen and oxygen atoms in total. The molecule has 3 atom stereocenters. The lowest BCUT2D eigenvalue weighted by Gasteiger charge is -2.46. The van der Waals surface area contributed by atoms with E-state index in [1.165, 1.54) is 0 Å². The average molecular weight is 611 g/mol. The highest BCUT2D eigenvalue weighted by Gasteiger charge is 2.60. The third-order valence-electron chi connectivity index (χ3n) is 8.86. The summed E-state index contributed by atoms with van der Waals surface area (Å²) in [5.41, 5.74) is 1.60. The number of anilines is 2. The third kappa shape index (κ3) is 4.48. The number of aryl methyl sites for hydroxylation is 1. The molecule has 0 amide bonds. The molecule has 0 bridgehead atoms. The van der Waals surface area contributed by atoms with Crippen LogP contribution in [0.1, 0.15) is 31.0 Å². The number of nitrogen functional groups attached to an aromatic ring is 1. The Labute approximate surface area is 241 Å². The van der Waals surface area contributed by atoms with E-state index in [0.717, 1.165) is 13.0 Å². The van der Waals surface area contributed by atoms with Gasteiger partial charge in [0, 0.05) is 38.2 Å². The second-order valence-electron chi connectivity index (χ2n) is 11.7. The van der Waals surface area contributed by atoms with Gasteiger partial charge in [-0.1, -0.05) is 0 Å². The van der Waals surface area contributed by atoms with Crippen molar-refractivity contribution in [1.29, 1.82) is 0 Å². The van der Waals surface area contributed by atoms with Crippen molar-refractivity contribution in [3.8, 4) is 23.1 Å². The fourth-order valence-electron chi connectivity index (χ4n) is 6.81. The molecule has 0 radical (unpaired) electrons. The van der Waals surface area contributed by atoms with Crippen LogP contribution in [-0.2, 0) is 6.18 Å². The first-order valence-electron chi connectivity index (χ1n) is 13.9. The van der Waals surface area contributed by atoms with E-state index in [-0.39, 0.29) is 60.0 Å². The summed E-state index contributed by atoms with van der Waals surface area (Å²) in [4.78, 5) is 20.4. The van der Waals surface area contributed by atoms with E-state index >= 15 is 4.39 Å². The lowest BCUT2D eigenvalue weighted by Crippen LogP contribution is -2.59. The van der Waals surface area contributed by atoms with E-state index in [1.54, 1.807) is 11.8 Å². The van der Waals surface area contributed by atoms with Gasteiger partial charge in [-0.15, -0.1) is 0 Å². The van der Waals surface area contributed by atoms with Gasteiger partial charge in [-0.25, -0.2) is 23.1 Å². The summed E-state index contributed by atoms with van der Waals surface area (Å²) in [7, 11) is 0. The van der Waals surface area contributed by atoms with Gasteiger partial charge in [-0.2, -0.15) is 23.1 Å². The lowest BCUT2D eigenvalue weighted by molar-refractivity contribution is -0.137. The Morgan fingerprint density at radius 1 is 1.19 bits per heavy atom. The summed E-state index contributed by atoms with van der Waals surface area (Å²) in [5.74, 6) is -4.18. The number of rotatable bonds is 4. The first kappa shape index (κ1) is 28.1. The molecule has 3 aromatic heterocycles. The van der Waals surface area contributed by atoms with Crippen LogP contribution >= 0.6 is 0 Å². The predicted molar refractivity (Wildman–Crippen MR) is 143 cm³/mol. The van der Waals surface area contributed by atoms with E-state index in [4.69, 9.17) is 15.2 Å². The number of alkyl halides is 5. The van der Waals surface area contributed by atoms with E-state index < -0.39 is 52.1 Å². The number of piperazine rings is 1. The summed E-state index contributed by atoms with van der Waals surface area (Å²) >= 11 is 0. The van der Waals surface area contributed by atoms with Gasteiger partial charge in [0.25, 0.3) is 5.92 Å². The number of halogens is 6. The number of nitrogens with zero attached hydrogens (tertiary/aromatic N) is 6. The van der Waals surface area contributed by atoms with Crippen LogP contribution in [0, 0.1) is 12.7 Å². The fourth-order valence-corrected chi connectivity index (χ4v) is 6.81. The summed E-state index contributed by atoms with van der Waals surface area (Å²) in [6.45, 7) is 4.39. The molecule has 3 aromatic rings. The molecule has 16 heteroatoms. The Bertz CT molecular complexity index is 1640. The molecular weight excluding hydrogens is 582 g/mol. The van der Waals surface area contributed by atoms with E-state index in [9.17, 15) is 22.0 Å². The van der Waals surface area contributed by atoms with Crippen LogP contribution in [0.15, 0.2) is 6.07 Å². The number of nitrogens with two attached hydrogens (primary N) is 1. The highest BCUT2D eigenvalue weighted by molar-refractivity contribution is 5.97. The predicted octanol–water partition coefficient (Wildman–Crippen LogP) is 3.56. The first-order valence-corrected chi connectivity index (χ1v) is 13.9. The number of hydrogen-bond acceptors (Lipinski definition) is 10. The van der Waals surface area contributed by atoms with Crippen molar-refractivity contribution in [3.05, 3.63) is 23.1 Å². The number of fused-ring (bicyclic) bond motifs is 3. The van der Waals surface area contributed by atoms with Crippen LogP contribution in [0.4, 0.5) is 38.0 Å². The molecule has 7 heterocycles. The Hall–Kier alpha value is -3.66. The Balaban J connectivity index is 1.41. The van der Waals surface area contributed by atoms with Crippen LogP contribution < -0.4 is 25.4 Å². The van der Waals surface area contributed by atoms with Crippen molar-refractivity contribution in [2.24, 2.45) is 0 Å². The first-order chi connectivity index (χ1) is 20.3. The zero-order chi connectivity index (χ0) is 30.5. The molecule has 230 valence electrons. The molecule has 1 unspecified atom stereocenters. The van der Waals surface area contributed by atoms with Crippen molar-refractivity contribution >= 4 is 22.5 Å². The van der Waals surface area contributed by atoms with Gasteiger partial charge in [0.15, 0.2) is 5.82 Å². The molecule has 43 heavy (non-hydrogen) atoms. The monoisotopic (exact) mass is 610 g/mol. The van der Waals surface area contributed by atoms with Crippen molar-refractivity contribution in [1.82, 2.24) is 30.2 Å². The van der Waals surface area contributed by atoms with Crippen molar-refractivity contribution in [2.45, 2.75) is 56.5 Å². The molecule has 0 spiro atoms. The van der Waals surface area contributed by atoms with Gasteiger partial charge in [-0.05, 0) is 26.3 Å². The maximum atomic E-state index is 16.5. The number of ether oxygens (including phenoxy) is 2. The maximum absolute atomic E-state index is 16.5. The molecule has 4 aliphatic rings. The minimum atomic E-state index is -4.90. The van der Waals surface area contributed by atoms with Crippen LogP contribution in [-0.4, -0.2) is 87.8 Å². The van der Waals surface area contributed by atoms with Crippen molar-refractivity contribution < 1.29 is 35.8 Å². The SMILES string of the molecule is Cc1nc(N)cc(-c2nc3c4c(nc(OCC56CCN5CC(F)(F)C6)nc4c2F)N2CCNC[C@H]2[C@H](C)O3)c1C(F)(F)F. The molecule has 3 N–H and O–H groups in total. The van der Waals surface area contributed by atoms with Crippen LogP contribution in [0.25, 0.3) is 22.2 Å². The third-order valence-corrected chi connectivity index (χ3v) is 8.86. The highest BCUT2D eigenvalue weighted by atomic mass is 19.4. The van der Waals surface area contributed by atoms with Gasteiger partial charge < -0.3 is 25.4 Å². The quantitative estimate of drug-likeness (QED) is 0.425. The normalized spacial score (nSPS) is 26.4. The molecule has 7 rings (SSSR count). The second-order valence-corrected chi connectivity index (χ2v) is 11.7. The number of nitrogens with one attached hydrogen (secondary N) is 1. The van der Waals surface area contributed by atoms with Gasteiger partial charge in [0.05, 0.1) is 29.4 Å². The molecular formula is C27H28F6N8O2. The van der Waals surface area contributed by atoms with Crippen molar-refractivity contribution in [2.75, 3.05) is 50.0 Å². The number of pyridine rings is 2. The summed E-state index contributed by atoms with van der Waals surface area (Å²) < 4.78 is 99.7. The van der Waals surface area contributed by atoms with Gasteiger partial charge >= 0.3 is 12.2 Å².